The van der Waals surface area contributed by atoms with Crippen molar-refractivity contribution in [1.29, 1.82) is 0 Å². The molecular formula is C23H17ClF2N4O. The van der Waals surface area contributed by atoms with E-state index < -0.39 is 17.0 Å². The van der Waals surface area contributed by atoms with Crippen LogP contribution in [0.5, 0.6) is 0 Å². The van der Waals surface area contributed by atoms with Crippen molar-refractivity contribution in [3.8, 4) is 0 Å². The molecule has 2 N–H and O–H groups in total. The van der Waals surface area contributed by atoms with Crippen LogP contribution >= 0.6 is 11.6 Å². The second-order valence-corrected chi connectivity index (χ2v) is 8.14. The number of benzene rings is 2. The molecule has 2 aromatic carbocycles. The maximum Gasteiger partial charge on any atom is 0.256 e. The summed E-state index contributed by atoms with van der Waals surface area (Å²) in [6, 6.07) is 12.3. The predicted octanol–water partition coefficient (Wildman–Crippen LogP) is 5.61. The summed E-state index contributed by atoms with van der Waals surface area (Å²) in [7, 11) is 0. The number of rotatable bonds is 4. The standard InChI is InChI=1S/C23H17ClF2N4O/c24-15-4-1-3-13(9-15)21(31)29-19-6-5-14(12-27-19)23(7-2-8-23)22-28-18-11-16(25)10-17(26)20(18)30-22/h1,3-6,9-12H,2,7-8H2,(H,28,30)(H,27,29,31). The lowest BCUT2D eigenvalue weighted by molar-refractivity contribution is 0.102. The van der Waals surface area contributed by atoms with Gasteiger partial charge in [-0.25, -0.2) is 18.7 Å². The number of aromatic amines is 1. The predicted molar refractivity (Wildman–Crippen MR) is 114 cm³/mol. The van der Waals surface area contributed by atoms with Crippen LogP contribution in [0.4, 0.5) is 14.6 Å². The lowest BCUT2D eigenvalue weighted by Crippen LogP contribution is -2.36. The Kier molecular flexibility index (Phi) is 4.70. The third kappa shape index (κ3) is 3.45. The highest BCUT2D eigenvalue weighted by atomic mass is 35.5. The molecule has 4 aromatic rings. The quantitative estimate of drug-likeness (QED) is 0.435. The zero-order valence-corrected chi connectivity index (χ0v) is 17.0. The Morgan fingerprint density at radius 2 is 1.97 bits per heavy atom. The summed E-state index contributed by atoms with van der Waals surface area (Å²) >= 11 is 5.94. The molecule has 0 unspecified atom stereocenters. The Morgan fingerprint density at radius 1 is 1.13 bits per heavy atom. The topological polar surface area (TPSA) is 70.7 Å². The van der Waals surface area contributed by atoms with Crippen molar-refractivity contribution in [3.05, 3.63) is 88.3 Å². The molecule has 1 aliphatic rings. The number of anilines is 1. The summed E-state index contributed by atoms with van der Waals surface area (Å²) in [6.45, 7) is 0. The van der Waals surface area contributed by atoms with Gasteiger partial charge in [-0.2, -0.15) is 0 Å². The van der Waals surface area contributed by atoms with Crippen LogP contribution in [0.3, 0.4) is 0 Å². The number of nitrogens with zero attached hydrogens (tertiary/aromatic N) is 2. The molecule has 2 aromatic heterocycles. The molecule has 5 rings (SSSR count). The number of fused-ring (bicyclic) bond motifs is 1. The summed E-state index contributed by atoms with van der Waals surface area (Å²) in [6.07, 6.45) is 4.30. The van der Waals surface area contributed by atoms with Gasteiger partial charge in [-0.1, -0.05) is 30.2 Å². The molecule has 0 saturated heterocycles. The SMILES string of the molecule is O=C(Nc1ccc(C2(c3nc4c(F)cc(F)cc4[nH]3)CCC2)cn1)c1cccc(Cl)c1. The molecule has 1 amide bonds. The van der Waals surface area contributed by atoms with Gasteiger partial charge >= 0.3 is 0 Å². The Morgan fingerprint density at radius 3 is 2.65 bits per heavy atom. The van der Waals surface area contributed by atoms with Crippen LogP contribution in [0.25, 0.3) is 11.0 Å². The molecule has 8 heteroatoms. The highest BCUT2D eigenvalue weighted by molar-refractivity contribution is 6.31. The Balaban J connectivity index is 1.43. The minimum atomic E-state index is -0.691. The van der Waals surface area contributed by atoms with Crippen molar-refractivity contribution in [2.75, 3.05) is 5.32 Å². The zero-order valence-electron chi connectivity index (χ0n) is 16.3. The molecule has 5 nitrogen and oxygen atoms in total. The maximum atomic E-state index is 14.1. The lowest BCUT2D eigenvalue weighted by atomic mass is 9.64. The molecule has 0 atom stereocenters. The van der Waals surface area contributed by atoms with Crippen LogP contribution < -0.4 is 5.32 Å². The van der Waals surface area contributed by atoms with E-state index in [4.69, 9.17) is 11.6 Å². The van der Waals surface area contributed by atoms with E-state index in [1.165, 1.54) is 6.07 Å². The van der Waals surface area contributed by atoms with E-state index in [9.17, 15) is 13.6 Å². The van der Waals surface area contributed by atoms with Crippen LogP contribution in [0.1, 0.15) is 41.0 Å². The summed E-state index contributed by atoms with van der Waals surface area (Å²) in [5.41, 5.74) is 1.35. The molecule has 1 fully saturated rings. The first-order valence-electron chi connectivity index (χ1n) is 9.83. The number of aromatic nitrogens is 3. The van der Waals surface area contributed by atoms with Crippen LogP contribution in [0.15, 0.2) is 54.7 Å². The van der Waals surface area contributed by atoms with E-state index in [1.807, 2.05) is 6.07 Å². The van der Waals surface area contributed by atoms with Gasteiger partial charge in [-0.15, -0.1) is 0 Å². The number of hydrogen-bond donors (Lipinski definition) is 2. The van der Waals surface area contributed by atoms with E-state index in [-0.39, 0.29) is 11.4 Å². The fourth-order valence-corrected chi connectivity index (χ4v) is 4.22. The van der Waals surface area contributed by atoms with Gasteiger partial charge in [0.1, 0.15) is 23.0 Å². The molecule has 0 bridgehead atoms. The van der Waals surface area contributed by atoms with E-state index in [2.05, 4.69) is 20.3 Å². The van der Waals surface area contributed by atoms with Gasteiger partial charge < -0.3 is 10.3 Å². The van der Waals surface area contributed by atoms with E-state index >= 15 is 0 Å². The number of amides is 1. The smallest absolute Gasteiger partial charge is 0.256 e. The normalized spacial score (nSPS) is 14.9. The molecule has 1 saturated carbocycles. The van der Waals surface area contributed by atoms with Gasteiger partial charge in [-0.05, 0) is 48.7 Å². The Labute approximate surface area is 181 Å². The molecular weight excluding hydrogens is 422 g/mol. The zero-order chi connectivity index (χ0) is 21.6. The van der Waals surface area contributed by atoms with E-state index in [0.29, 0.717) is 27.7 Å². The second-order valence-electron chi connectivity index (χ2n) is 7.70. The van der Waals surface area contributed by atoms with Gasteiger partial charge in [0.2, 0.25) is 0 Å². The number of nitrogens with one attached hydrogen (secondary N) is 2. The highest BCUT2D eigenvalue weighted by Gasteiger charge is 2.43. The molecule has 0 spiro atoms. The first-order valence-corrected chi connectivity index (χ1v) is 10.2. The number of pyridine rings is 1. The minimum absolute atomic E-state index is 0.126. The number of H-pyrrole nitrogens is 1. The van der Waals surface area contributed by atoms with Crippen molar-refractivity contribution in [3.63, 3.8) is 0 Å². The minimum Gasteiger partial charge on any atom is -0.341 e. The van der Waals surface area contributed by atoms with Crippen molar-refractivity contribution in [2.24, 2.45) is 0 Å². The second kappa shape index (κ2) is 7.42. The van der Waals surface area contributed by atoms with Gasteiger partial charge in [0.15, 0.2) is 5.82 Å². The average molecular weight is 439 g/mol. The molecule has 156 valence electrons. The number of halogens is 3. The summed E-state index contributed by atoms with van der Waals surface area (Å²) in [4.78, 5) is 24.3. The third-order valence-corrected chi connectivity index (χ3v) is 6.04. The van der Waals surface area contributed by atoms with Gasteiger partial charge in [0.05, 0.1) is 10.9 Å². The third-order valence-electron chi connectivity index (χ3n) is 5.81. The fourth-order valence-electron chi connectivity index (χ4n) is 4.03. The fraction of sp³-hybridized carbons (Fsp3) is 0.174. The van der Waals surface area contributed by atoms with Crippen molar-refractivity contribution < 1.29 is 13.6 Å². The Bertz CT molecular complexity index is 1300. The monoisotopic (exact) mass is 438 g/mol. The number of imidazole rings is 1. The number of carbonyl (C=O) groups is 1. The molecule has 0 radical (unpaired) electrons. The van der Waals surface area contributed by atoms with Gasteiger partial charge in [-0.3, -0.25) is 4.79 Å². The van der Waals surface area contributed by atoms with Gasteiger partial charge in [0.25, 0.3) is 5.91 Å². The summed E-state index contributed by atoms with van der Waals surface area (Å²) in [5, 5.41) is 3.23. The molecule has 2 heterocycles. The van der Waals surface area contributed by atoms with Crippen molar-refractivity contribution in [2.45, 2.75) is 24.7 Å². The number of carbonyl (C=O) groups excluding carboxylic acids is 1. The van der Waals surface area contributed by atoms with Crippen molar-refractivity contribution >= 4 is 34.4 Å². The van der Waals surface area contributed by atoms with Crippen LogP contribution in [-0.2, 0) is 5.41 Å². The molecule has 31 heavy (non-hydrogen) atoms. The van der Waals surface area contributed by atoms with Crippen LogP contribution in [0, 0.1) is 11.6 Å². The van der Waals surface area contributed by atoms with Crippen molar-refractivity contribution in [1.82, 2.24) is 15.0 Å². The highest BCUT2D eigenvalue weighted by Crippen LogP contribution is 2.48. The Hall–Kier alpha value is -3.32. The van der Waals surface area contributed by atoms with E-state index in [0.717, 1.165) is 30.9 Å². The lowest BCUT2D eigenvalue weighted by Gasteiger charge is -2.40. The first-order chi connectivity index (χ1) is 14.9. The van der Waals surface area contributed by atoms with Crippen LogP contribution in [0.2, 0.25) is 5.02 Å². The molecule has 1 aliphatic carbocycles. The summed E-state index contributed by atoms with van der Waals surface area (Å²) < 4.78 is 27.7. The maximum absolute atomic E-state index is 14.1. The summed E-state index contributed by atoms with van der Waals surface area (Å²) in [5.74, 6) is -0.652. The van der Waals surface area contributed by atoms with Crippen LogP contribution in [-0.4, -0.2) is 20.9 Å². The first kappa shape index (κ1) is 19.6. The largest absolute Gasteiger partial charge is 0.341 e. The van der Waals surface area contributed by atoms with E-state index in [1.54, 1.807) is 36.5 Å². The van der Waals surface area contributed by atoms with Gasteiger partial charge in [0, 0.05) is 22.8 Å². The average Bonchev–Trinajstić information content (AvgIpc) is 3.13. The number of hydrogen-bond acceptors (Lipinski definition) is 3. The molecule has 0 aliphatic heterocycles.